The van der Waals surface area contributed by atoms with Crippen molar-refractivity contribution in [2.75, 3.05) is 19.2 Å². The van der Waals surface area contributed by atoms with Crippen molar-refractivity contribution in [1.29, 1.82) is 0 Å². The van der Waals surface area contributed by atoms with Crippen LogP contribution in [0.2, 0.25) is 0 Å². The number of benzene rings is 1. The van der Waals surface area contributed by atoms with Gasteiger partial charge in [-0.25, -0.2) is 13.1 Å². The van der Waals surface area contributed by atoms with Gasteiger partial charge in [0.25, 0.3) is 0 Å². The lowest BCUT2D eigenvalue weighted by Crippen LogP contribution is -2.27. The Kier molecular flexibility index (Phi) is 5.04. The SMILES string of the molecule is O=S(=O)(NCCOCCl)c1ccccc1. The van der Waals surface area contributed by atoms with Gasteiger partial charge in [0.15, 0.2) is 0 Å². The van der Waals surface area contributed by atoms with Gasteiger partial charge in [0.1, 0.15) is 6.07 Å². The lowest BCUT2D eigenvalue weighted by Gasteiger charge is -2.05. The van der Waals surface area contributed by atoms with E-state index >= 15 is 0 Å². The minimum atomic E-state index is -3.41. The van der Waals surface area contributed by atoms with Crippen molar-refractivity contribution in [1.82, 2.24) is 4.72 Å². The number of hydrogen-bond donors (Lipinski definition) is 1. The summed E-state index contributed by atoms with van der Waals surface area (Å²) in [5.41, 5.74) is 0. The zero-order chi connectivity index (χ0) is 11.1. The summed E-state index contributed by atoms with van der Waals surface area (Å²) in [7, 11) is -3.41. The van der Waals surface area contributed by atoms with E-state index < -0.39 is 10.0 Å². The quantitative estimate of drug-likeness (QED) is 0.608. The molecule has 0 saturated heterocycles. The smallest absolute Gasteiger partial charge is 0.240 e. The second-order valence-electron chi connectivity index (χ2n) is 2.73. The fourth-order valence-electron chi connectivity index (χ4n) is 0.986. The van der Waals surface area contributed by atoms with Crippen LogP contribution >= 0.6 is 11.6 Å². The van der Waals surface area contributed by atoms with Crippen LogP contribution in [0.1, 0.15) is 0 Å². The van der Waals surface area contributed by atoms with Crippen molar-refractivity contribution >= 4 is 21.6 Å². The lowest BCUT2D eigenvalue weighted by molar-refractivity contribution is 0.185. The first kappa shape index (κ1) is 12.4. The van der Waals surface area contributed by atoms with Crippen molar-refractivity contribution in [3.8, 4) is 0 Å². The van der Waals surface area contributed by atoms with Crippen LogP contribution in [-0.4, -0.2) is 27.6 Å². The van der Waals surface area contributed by atoms with Crippen molar-refractivity contribution in [2.24, 2.45) is 0 Å². The summed E-state index contributed by atoms with van der Waals surface area (Å²) in [5, 5.41) is 0. The Morgan fingerprint density at radius 3 is 2.53 bits per heavy atom. The van der Waals surface area contributed by atoms with Gasteiger partial charge in [-0.1, -0.05) is 29.8 Å². The van der Waals surface area contributed by atoms with E-state index in [4.69, 9.17) is 16.3 Å². The van der Waals surface area contributed by atoms with Crippen LogP contribution in [0.4, 0.5) is 0 Å². The molecular formula is C9H12ClNO3S. The normalized spacial score (nSPS) is 11.5. The summed E-state index contributed by atoms with van der Waals surface area (Å²) in [4.78, 5) is 0.246. The van der Waals surface area contributed by atoms with E-state index in [0.717, 1.165) is 0 Å². The second kappa shape index (κ2) is 6.07. The van der Waals surface area contributed by atoms with Crippen LogP contribution < -0.4 is 4.72 Å². The average Bonchev–Trinajstić information content (AvgIpc) is 2.26. The van der Waals surface area contributed by atoms with Crippen molar-refractivity contribution in [3.05, 3.63) is 30.3 Å². The van der Waals surface area contributed by atoms with Gasteiger partial charge in [-0.3, -0.25) is 0 Å². The van der Waals surface area contributed by atoms with Crippen LogP contribution in [0, 0.1) is 0 Å². The highest BCUT2D eigenvalue weighted by Gasteiger charge is 2.11. The Morgan fingerprint density at radius 1 is 1.27 bits per heavy atom. The highest BCUT2D eigenvalue weighted by Crippen LogP contribution is 2.06. The van der Waals surface area contributed by atoms with E-state index in [1.54, 1.807) is 18.2 Å². The van der Waals surface area contributed by atoms with Gasteiger partial charge in [-0.2, -0.15) is 0 Å². The molecule has 0 aliphatic rings. The Balaban J connectivity index is 2.53. The number of hydrogen-bond acceptors (Lipinski definition) is 3. The summed E-state index contributed by atoms with van der Waals surface area (Å²) in [6.45, 7) is 0.472. The molecule has 1 aromatic carbocycles. The molecule has 0 saturated carbocycles. The fourth-order valence-corrected chi connectivity index (χ4v) is 2.13. The minimum Gasteiger partial charge on any atom is -0.364 e. The highest BCUT2D eigenvalue weighted by atomic mass is 35.5. The molecule has 1 N–H and O–H groups in total. The van der Waals surface area contributed by atoms with E-state index in [2.05, 4.69) is 4.72 Å². The van der Waals surface area contributed by atoms with Gasteiger partial charge in [-0.05, 0) is 12.1 Å². The number of ether oxygens (including phenoxy) is 1. The maximum absolute atomic E-state index is 11.6. The van der Waals surface area contributed by atoms with E-state index in [-0.39, 0.29) is 24.1 Å². The first-order chi connectivity index (χ1) is 7.17. The molecule has 0 bridgehead atoms. The third-order valence-electron chi connectivity index (χ3n) is 1.67. The number of halogens is 1. The van der Waals surface area contributed by atoms with Crippen LogP contribution in [0.25, 0.3) is 0 Å². The van der Waals surface area contributed by atoms with Gasteiger partial charge in [0.2, 0.25) is 10.0 Å². The van der Waals surface area contributed by atoms with E-state index in [1.807, 2.05) is 0 Å². The summed E-state index contributed by atoms with van der Waals surface area (Å²) in [5.74, 6) is 0. The standard InChI is InChI=1S/C9H12ClNO3S/c10-8-14-7-6-11-15(12,13)9-4-2-1-3-5-9/h1-5,11H,6-8H2. The molecule has 0 radical (unpaired) electrons. The van der Waals surface area contributed by atoms with Crippen LogP contribution in [0.3, 0.4) is 0 Å². The monoisotopic (exact) mass is 249 g/mol. The Hall–Kier alpha value is -0.620. The predicted molar refractivity (Wildman–Crippen MR) is 58.3 cm³/mol. The molecule has 15 heavy (non-hydrogen) atoms. The molecule has 0 aliphatic heterocycles. The molecule has 4 nitrogen and oxygen atoms in total. The predicted octanol–water partition coefficient (Wildman–Crippen LogP) is 1.18. The third kappa shape index (κ3) is 4.17. The van der Waals surface area contributed by atoms with E-state index in [9.17, 15) is 8.42 Å². The van der Waals surface area contributed by atoms with Gasteiger partial charge in [0.05, 0.1) is 11.5 Å². The molecule has 0 heterocycles. The summed E-state index contributed by atoms with van der Waals surface area (Å²) in [6.07, 6.45) is 0. The maximum atomic E-state index is 11.6. The highest BCUT2D eigenvalue weighted by molar-refractivity contribution is 7.89. The third-order valence-corrected chi connectivity index (χ3v) is 3.30. The first-order valence-electron chi connectivity index (χ1n) is 4.35. The molecule has 0 spiro atoms. The summed E-state index contributed by atoms with van der Waals surface area (Å²) < 4.78 is 30.4. The van der Waals surface area contributed by atoms with Crippen molar-refractivity contribution in [2.45, 2.75) is 4.90 Å². The number of alkyl halides is 1. The topological polar surface area (TPSA) is 55.4 Å². The molecule has 0 aliphatic carbocycles. The molecule has 0 unspecified atom stereocenters. The molecule has 1 rings (SSSR count). The molecule has 0 fully saturated rings. The fraction of sp³-hybridized carbons (Fsp3) is 0.333. The van der Waals surface area contributed by atoms with Gasteiger partial charge in [0, 0.05) is 6.54 Å². The number of sulfonamides is 1. The van der Waals surface area contributed by atoms with Crippen LogP contribution in [0.15, 0.2) is 35.2 Å². The van der Waals surface area contributed by atoms with Gasteiger partial charge in [-0.15, -0.1) is 0 Å². The van der Waals surface area contributed by atoms with Crippen LogP contribution in [-0.2, 0) is 14.8 Å². The lowest BCUT2D eigenvalue weighted by atomic mass is 10.4. The minimum absolute atomic E-state index is 0.0626. The Morgan fingerprint density at radius 2 is 1.93 bits per heavy atom. The number of rotatable bonds is 6. The van der Waals surface area contributed by atoms with Crippen LogP contribution in [0.5, 0.6) is 0 Å². The van der Waals surface area contributed by atoms with E-state index in [1.165, 1.54) is 12.1 Å². The molecule has 0 atom stereocenters. The number of nitrogens with one attached hydrogen (secondary N) is 1. The second-order valence-corrected chi connectivity index (χ2v) is 4.71. The molecule has 84 valence electrons. The average molecular weight is 250 g/mol. The molecule has 1 aromatic rings. The zero-order valence-corrected chi connectivity index (χ0v) is 9.59. The van der Waals surface area contributed by atoms with Crippen molar-refractivity contribution in [3.63, 3.8) is 0 Å². The molecule has 6 heteroatoms. The largest absolute Gasteiger partial charge is 0.364 e. The summed E-state index contributed by atoms with van der Waals surface area (Å²) >= 11 is 5.27. The molecular weight excluding hydrogens is 238 g/mol. The Bertz CT molecular complexity index is 380. The van der Waals surface area contributed by atoms with Gasteiger partial charge < -0.3 is 4.74 Å². The molecule has 0 aromatic heterocycles. The van der Waals surface area contributed by atoms with Gasteiger partial charge >= 0.3 is 0 Å². The zero-order valence-electron chi connectivity index (χ0n) is 8.02. The van der Waals surface area contributed by atoms with E-state index in [0.29, 0.717) is 0 Å². The summed E-state index contributed by atoms with van der Waals surface area (Å²) in [6, 6.07) is 8.23. The first-order valence-corrected chi connectivity index (χ1v) is 6.37. The van der Waals surface area contributed by atoms with Crippen molar-refractivity contribution < 1.29 is 13.2 Å². The Labute approximate surface area is 94.3 Å². The molecule has 0 amide bonds. The maximum Gasteiger partial charge on any atom is 0.240 e.